The molecule has 0 aliphatic rings. The summed E-state index contributed by atoms with van der Waals surface area (Å²) in [6, 6.07) is 5.67. The van der Waals surface area contributed by atoms with E-state index in [1.54, 1.807) is 7.11 Å². The van der Waals surface area contributed by atoms with Crippen molar-refractivity contribution in [1.29, 1.82) is 0 Å². The van der Waals surface area contributed by atoms with Crippen LogP contribution in [0.2, 0.25) is 0 Å². The number of methoxy groups -OCH3 is 1. The maximum Gasteiger partial charge on any atom is 0.0655 e. The summed E-state index contributed by atoms with van der Waals surface area (Å²) in [6.45, 7) is 2.53. The minimum absolute atomic E-state index is 0.0643. The second-order valence-corrected chi connectivity index (χ2v) is 3.18. The molecule has 0 aliphatic carbocycles. The summed E-state index contributed by atoms with van der Waals surface area (Å²) in [7, 11) is 1.65. The third-order valence-corrected chi connectivity index (χ3v) is 2.04. The standard InChI is InChI=1S/C10H16N2O/c1-7-5-8(11)3-4-9(7)10(12)6-13-2/h3-5,10H,6,11-12H2,1-2H3. The van der Waals surface area contributed by atoms with Gasteiger partial charge >= 0.3 is 0 Å². The van der Waals surface area contributed by atoms with Crippen molar-refractivity contribution in [2.45, 2.75) is 13.0 Å². The Kier molecular flexibility index (Phi) is 3.28. The highest BCUT2D eigenvalue weighted by Gasteiger charge is 2.07. The minimum Gasteiger partial charge on any atom is -0.399 e. The first-order valence-electron chi connectivity index (χ1n) is 4.25. The molecular formula is C10H16N2O. The van der Waals surface area contributed by atoms with Gasteiger partial charge in [-0.1, -0.05) is 6.07 Å². The number of rotatable bonds is 3. The van der Waals surface area contributed by atoms with Crippen molar-refractivity contribution in [2.75, 3.05) is 19.5 Å². The second-order valence-electron chi connectivity index (χ2n) is 3.18. The van der Waals surface area contributed by atoms with E-state index in [0.29, 0.717) is 6.61 Å². The van der Waals surface area contributed by atoms with E-state index in [0.717, 1.165) is 16.8 Å². The molecule has 0 aromatic heterocycles. The van der Waals surface area contributed by atoms with Gasteiger partial charge in [0.05, 0.1) is 12.6 Å². The SMILES string of the molecule is COCC(N)c1ccc(N)cc1C. The predicted octanol–water partition coefficient (Wildman–Crippen LogP) is 1.22. The van der Waals surface area contributed by atoms with Crippen LogP contribution in [0.3, 0.4) is 0 Å². The third kappa shape index (κ3) is 2.44. The zero-order valence-electron chi connectivity index (χ0n) is 8.08. The predicted molar refractivity (Wildman–Crippen MR) is 54.4 cm³/mol. The first-order valence-corrected chi connectivity index (χ1v) is 4.25. The highest BCUT2D eigenvalue weighted by Crippen LogP contribution is 2.18. The number of anilines is 1. The lowest BCUT2D eigenvalue weighted by Crippen LogP contribution is -2.17. The minimum atomic E-state index is -0.0643. The summed E-state index contributed by atoms with van der Waals surface area (Å²) in [5.74, 6) is 0. The molecule has 0 bridgehead atoms. The summed E-state index contributed by atoms with van der Waals surface area (Å²) in [5.41, 5.74) is 14.5. The molecule has 0 radical (unpaired) electrons. The molecule has 1 rings (SSSR count). The van der Waals surface area contributed by atoms with E-state index in [1.165, 1.54) is 0 Å². The maximum atomic E-state index is 5.89. The summed E-state index contributed by atoms with van der Waals surface area (Å²) < 4.78 is 4.99. The lowest BCUT2D eigenvalue weighted by molar-refractivity contribution is 0.180. The Morgan fingerprint density at radius 1 is 1.46 bits per heavy atom. The molecule has 72 valence electrons. The number of hydrogen-bond acceptors (Lipinski definition) is 3. The first kappa shape index (κ1) is 10.0. The normalized spacial score (nSPS) is 12.8. The molecule has 0 saturated carbocycles. The molecule has 4 N–H and O–H groups in total. The summed E-state index contributed by atoms with van der Waals surface area (Å²) in [6.07, 6.45) is 0. The molecule has 3 heteroatoms. The van der Waals surface area contributed by atoms with Crippen molar-refractivity contribution in [3.8, 4) is 0 Å². The Morgan fingerprint density at radius 3 is 2.69 bits per heavy atom. The van der Waals surface area contributed by atoms with Crippen molar-refractivity contribution in [1.82, 2.24) is 0 Å². The number of hydrogen-bond donors (Lipinski definition) is 2. The van der Waals surface area contributed by atoms with E-state index in [1.807, 2.05) is 25.1 Å². The zero-order valence-corrected chi connectivity index (χ0v) is 8.08. The Morgan fingerprint density at radius 2 is 2.15 bits per heavy atom. The van der Waals surface area contributed by atoms with Gasteiger partial charge in [-0.25, -0.2) is 0 Å². The highest BCUT2D eigenvalue weighted by atomic mass is 16.5. The molecule has 0 aliphatic heterocycles. The third-order valence-electron chi connectivity index (χ3n) is 2.04. The van der Waals surface area contributed by atoms with Crippen LogP contribution in [-0.4, -0.2) is 13.7 Å². The molecule has 0 saturated heterocycles. The number of nitrogen functional groups attached to an aromatic ring is 1. The fourth-order valence-electron chi connectivity index (χ4n) is 1.38. The van der Waals surface area contributed by atoms with Crippen LogP contribution in [0.15, 0.2) is 18.2 Å². The van der Waals surface area contributed by atoms with Crippen molar-refractivity contribution in [3.63, 3.8) is 0 Å². The molecule has 1 aromatic rings. The van der Waals surface area contributed by atoms with E-state index in [4.69, 9.17) is 16.2 Å². The van der Waals surface area contributed by atoms with E-state index in [9.17, 15) is 0 Å². The summed E-state index contributed by atoms with van der Waals surface area (Å²) in [5, 5.41) is 0. The second kappa shape index (κ2) is 4.25. The number of nitrogens with two attached hydrogens (primary N) is 2. The van der Waals surface area contributed by atoms with E-state index >= 15 is 0 Å². The molecule has 0 amide bonds. The molecule has 3 nitrogen and oxygen atoms in total. The largest absolute Gasteiger partial charge is 0.399 e. The van der Waals surface area contributed by atoms with Crippen LogP contribution in [0.5, 0.6) is 0 Å². The number of aryl methyl sites for hydroxylation is 1. The van der Waals surface area contributed by atoms with E-state index in [-0.39, 0.29) is 6.04 Å². The van der Waals surface area contributed by atoms with Crippen LogP contribution < -0.4 is 11.5 Å². The van der Waals surface area contributed by atoms with E-state index in [2.05, 4.69) is 0 Å². The topological polar surface area (TPSA) is 61.3 Å². The van der Waals surface area contributed by atoms with Crippen molar-refractivity contribution >= 4 is 5.69 Å². The van der Waals surface area contributed by atoms with Crippen LogP contribution >= 0.6 is 0 Å². The zero-order chi connectivity index (χ0) is 9.84. The van der Waals surface area contributed by atoms with Crippen LogP contribution in [0.25, 0.3) is 0 Å². The summed E-state index contributed by atoms with van der Waals surface area (Å²) in [4.78, 5) is 0. The molecule has 1 unspecified atom stereocenters. The van der Waals surface area contributed by atoms with Gasteiger partial charge in [0, 0.05) is 12.8 Å². The molecule has 0 fully saturated rings. The Balaban J connectivity index is 2.88. The number of benzene rings is 1. The van der Waals surface area contributed by atoms with Crippen molar-refractivity contribution < 1.29 is 4.74 Å². The van der Waals surface area contributed by atoms with Gasteiger partial charge in [-0.2, -0.15) is 0 Å². The van der Waals surface area contributed by atoms with Gasteiger partial charge in [-0.05, 0) is 30.2 Å². The molecule has 0 heterocycles. The average Bonchev–Trinajstić information content (AvgIpc) is 2.04. The van der Waals surface area contributed by atoms with Gasteiger partial charge in [0.15, 0.2) is 0 Å². The maximum absolute atomic E-state index is 5.89. The lowest BCUT2D eigenvalue weighted by Gasteiger charge is -2.13. The molecule has 1 atom stereocenters. The Hall–Kier alpha value is -1.06. The molecule has 1 aromatic carbocycles. The first-order chi connectivity index (χ1) is 6.15. The van der Waals surface area contributed by atoms with Gasteiger partial charge in [0.1, 0.15) is 0 Å². The number of ether oxygens (including phenoxy) is 1. The van der Waals surface area contributed by atoms with Gasteiger partial charge in [0.2, 0.25) is 0 Å². The van der Waals surface area contributed by atoms with Gasteiger partial charge < -0.3 is 16.2 Å². The molecule has 13 heavy (non-hydrogen) atoms. The smallest absolute Gasteiger partial charge is 0.0655 e. The van der Waals surface area contributed by atoms with Crippen LogP contribution in [0.4, 0.5) is 5.69 Å². The van der Waals surface area contributed by atoms with Gasteiger partial charge in [-0.3, -0.25) is 0 Å². The van der Waals surface area contributed by atoms with E-state index < -0.39 is 0 Å². The van der Waals surface area contributed by atoms with Crippen LogP contribution in [0.1, 0.15) is 17.2 Å². The lowest BCUT2D eigenvalue weighted by atomic mass is 10.0. The van der Waals surface area contributed by atoms with Crippen LogP contribution in [0, 0.1) is 6.92 Å². The van der Waals surface area contributed by atoms with Crippen molar-refractivity contribution in [3.05, 3.63) is 29.3 Å². The van der Waals surface area contributed by atoms with Gasteiger partial charge in [-0.15, -0.1) is 0 Å². The monoisotopic (exact) mass is 180 g/mol. The van der Waals surface area contributed by atoms with Gasteiger partial charge in [0.25, 0.3) is 0 Å². The molecular weight excluding hydrogens is 164 g/mol. The van der Waals surface area contributed by atoms with Crippen LogP contribution in [-0.2, 0) is 4.74 Å². The Bertz CT molecular complexity index is 286. The Labute approximate surface area is 78.7 Å². The average molecular weight is 180 g/mol. The summed E-state index contributed by atoms with van der Waals surface area (Å²) >= 11 is 0. The van der Waals surface area contributed by atoms with Crippen molar-refractivity contribution in [2.24, 2.45) is 5.73 Å². The highest BCUT2D eigenvalue weighted by molar-refractivity contribution is 5.45. The quantitative estimate of drug-likeness (QED) is 0.687. The fraction of sp³-hybridized carbons (Fsp3) is 0.400. The fourth-order valence-corrected chi connectivity index (χ4v) is 1.38. The molecule has 0 spiro atoms.